The molecule has 2 heterocycles. The highest BCUT2D eigenvalue weighted by Gasteiger charge is 2.18. The molecule has 0 bridgehead atoms. The van der Waals surface area contributed by atoms with E-state index in [0.29, 0.717) is 0 Å². The van der Waals surface area contributed by atoms with Crippen LogP contribution in [0.5, 0.6) is 0 Å². The largest absolute Gasteiger partial charge is 0.344 e. The van der Waals surface area contributed by atoms with Crippen LogP contribution in [-0.2, 0) is 10.8 Å². The van der Waals surface area contributed by atoms with E-state index in [4.69, 9.17) is 0 Å². The van der Waals surface area contributed by atoms with Gasteiger partial charge in [-0.1, -0.05) is 78.0 Å². The van der Waals surface area contributed by atoms with Crippen LogP contribution in [0, 0.1) is 0 Å². The van der Waals surface area contributed by atoms with E-state index in [1.54, 1.807) is 0 Å². The molecular formula is C30H36N2. The fourth-order valence-electron chi connectivity index (χ4n) is 4.10. The fraction of sp³-hybridized carbons (Fsp3) is 0.333. The fourth-order valence-corrected chi connectivity index (χ4v) is 4.10. The van der Waals surface area contributed by atoms with Gasteiger partial charge in [-0.05, 0) is 69.5 Å². The number of hydrogen-bond donors (Lipinski definition) is 0. The zero-order chi connectivity index (χ0) is 22.9. The molecule has 0 aliphatic carbocycles. The predicted molar refractivity (Wildman–Crippen MR) is 139 cm³/mol. The molecule has 0 fully saturated rings. The monoisotopic (exact) mass is 424 g/mol. The molecule has 2 aliphatic heterocycles. The minimum atomic E-state index is 0.159. The van der Waals surface area contributed by atoms with Gasteiger partial charge in [0.15, 0.2) is 0 Å². The van der Waals surface area contributed by atoms with E-state index in [0.717, 1.165) is 13.1 Å². The third-order valence-electron chi connectivity index (χ3n) is 6.30. The molecule has 0 radical (unpaired) electrons. The topological polar surface area (TPSA) is 6.48 Å². The first-order valence-corrected chi connectivity index (χ1v) is 11.6. The van der Waals surface area contributed by atoms with Crippen LogP contribution in [0.15, 0.2) is 96.4 Å². The Labute approximate surface area is 194 Å². The first-order chi connectivity index (χ1) is 15.1. The zero-order valence-electron chi connectivity index (χ0n) is 20.4. The normalized spacial score (nSPS) is 16.8. The van der Waals surface area contributed by atoms with Crippen molar-refractivity contribution in [1.82, 2.24) is 0 Å². The molecule has 0 atom stereocenters. The van der Waals surface area contributed by atoms with Crippen LogP contribution >= 0.6 is 0 Å². The summed E-state index contributed by atoms with van der Waals surface area (Å²) in [7, 11) is 0. The summed E-state index contributed by atoms with van der Waals surface area (Å²) < 4.78 is 0. The molecule has 0 unspecified atom stereocenters. The van der Waals surface area contributed by atoms with E-state index >= 15 is 0 Å². The number of nitrogens with zero attached hydrogens (tertiary/aromatic N) is 2. The Morgan fingerprint density at radius 1 is 0.594 bits per heavy atom. The average molecular weight is 425 g/mol. The van der Waals surface area contributed by atoms with E-state index in [1.165, 1.54) is 33.6 Å². The van der Waals surface area contributed by atoms with Crippen molar-refractivity contribution in [2.75, 3.05) is 22.9 Å². The third kappa shape index (κ3) is 4.91. The summed E-state index contributed by atoms with van der Waals surface area (Å²) in [5.74, 6) is 0. The van der Waals surface area contributed by atoms with Crippen molar-refractivity contribution in [3.63, 3.8) is 0 Å². The SMILES string of the molecule is CC(C)(C)c1cccc(N2C=CC(C3=CCN(c4cccc(C(C)(C)C)c4)C=C3)=CC2)c1. The lowest BCUT2D eigenvalue weighted by Gasteiger charge is -2.28. The average Bonchev–Trinajstić information content (AvgIpc) is 2.78. The molecule has 166 valence electrons. The van der Waals surface area contributed by atoms with Gasteiger partial charge in [0.1, 0.15) is 0 Å². The van der Waals surface area contributed by atoms with Gasteiger partial charge in [0.2, 0.25) is 0 Å². The first-order valence-electron chi connectivity index (χ1n) is 11.6. The van der Waals surface area contributed by atoms with Crippen LogP contribution in [-0.4, -0.2) is 13.1 Å². The number of allylic oxidation sites excluding steroid dienone is 4. The van der Waals surface area contributed by atoms with Gasteiger partial charge in [-0.3, -0.25) is 0 Å². The van der Waals surface area contributed by atoms with Crippen molar-refractivity contribution in [2.45, 2.75) is 52.4 Å². The molecule has 0 saturated carbocycles. The summed E-state index contributed by atoms with van der Waals surface area (Å²) in [5, 5.41) is 0. The van der Waals surface area contributed by atoms with E-state index < -0.39 is 0 Å². The Bertz CT molecular complexity index is 1010. The van der Waals surface area contributed by atoms with Crippen molar-refractivity contribution in [3.8, 4) is 0 Å². The van der Waals surface area contributed by atoms with E-state index in [1.807, 2.05) is 0 Å². The molecular weight excluding hydrogens is 388 g/mol. The van der Waals surface area contributed by atoms with Crippen molar-refractivity contribution in [1.29, 1.82) is 0 Å². The summed E-state index contributed by atoms with van der Waals surface area (Å²) in [6.45, 7) is 15.4. The summed E-state index contributed by atoms with van der Waals surface area (Å²) in [4.78, 5) is 4.63. The molecule has 0 aromatic heterocycles. The molecule has 2 heteroatoms. The highest BCUT2D eigenvalue weighted by atomic mass is 15.1. The Morgan fingerprint density at radius 3 is 1.31 bits per heavy atom. The number of benzene rings is 2. The predicted octanol–water partition coefficient (Wildman–Crippen LogP) is 7.50. The van der Waals surface area contributed by atoms with E-state index in [2.05, 4.69) is 137 Å². The Kier molecular flexibility index (Phi) is 5.90. The summed E-state index contributed by atoms with van der Waals surface area (Å²) in [6, 6.07) is 17.8. The van der Waals surface area contributed by atoms with Gasteiger partial charge in [0, 0.05) is 36.9 Å². The first kappa shape index (κ1) is 22.2. The second-order valence-corrected chi connectivity index (χ2v) is 10.9. The lowest BCUT2D eigenvalue weighted by Crippen LogP contribution is -2.22. The van der Waals surface area contributed by atoms with Gasteiger partial charge in [0.05, 0.1) is 0 Å². The van der Waals surface area contributed by atoms with Gasteiger partial charge in [-0.2, -0.15) is 0 Å². The maximum absolute atomic E-state index is 2.33. The quantitative estimate of drug-likeness (QED) is 0.503. The molecule has 0 amide bonds. The second kappa shape index (κ2) is 8.50. The van der Waals surface area contributed by atoms with Gasteiger partial charge < -0.3 is 9.80 Å². The molecule has 32 heavy (non-hydrogen) atoms. The van der Waals surface area contributed by atoms with Gasteiger partial charge in [-0.25, -0.2) is 0 Å². The molecule has 0 saturated heterocycles. The molecule has 0 spiro atoms. The summed E-state index contributed by atoms with van der Waals surface area (Å²) in [5.41, 5.74) is 8.15. The van der Waals surface area contributed by atoms with Crippen molar-refractivity contribution in [2.24, 2.45) is 0 Å². The lowest BCUT2D eigenvalue weighted by atomic mass is 9.87. The lowest BCUT2D eigenvalue weighted by molar-refractivity contribution is 0.590. The third-order valence-corrected chi connectivity index (χ3v) is 6.30. The minimum absolute atomic E-state index is 0.159. The van der Waals surface area contributed by atoms with Crippen LogP contribution in [0.4, 0.5) is 11.4 Å². The van der Waals surface area contributed by atoms with Gasteiger partial charge >= 0.3 is 0 Å². The smallest absolute Gasteiger partial charge is 0.0415 e. The molecule has 2 aromatic carbocycles. The van der Waals surface area contributed by atoms with Gasteiger partial charge in [0.25, 0.3) is 0 Å². The molecule has 2 aliphatic rings. The zero-order valence-corrected chi connectivity index (χ0v) is 20.4. The van der Waals surface area contributed by atoms with Crippen LogP contribution < -0.4 is 9.80 Å². The van der Waals surface area contributed by atoms with Crippen LogP contribution in [0.25, 0.3) is 0 Å². The Balaban J connectivity index is 1.43. The van der Waals surface area contributed by atoms with Crippen LogP contribution in [0.1, 0.15) is 52.7 Å². The molecule has 2 aromatic rings. The maximum Gasteiger partial charge on any atom is 0.0415 e. The minimum Gasteiger partial charge on any atom is -0.344 e. The Morgan fingerprint density at radius 2 is 1.00 bits per heavy atom. The standard InChI is InChI=1S/C30H36N2/c1-29(2,3)25-9-7-11-27(21-25)31-17-13-23(14-18-31)24-15-19-32(20-16-24)28-12-8-10-26(22-28)30(4,5)6/h7-17,19,21-22H,18,20H2,1-6H3. The number of anilines is 2. The van der Waals surface area contributed by atoms with Crippen LogP contribution in [0.3, 0.4) is 0 Å². The van der Waals surface area contributed by atoms with Crippen molar-refractivity contribution < 1.29 is 0 Å². The second-order valence-electron chi connectivity index (χ2n) is 10.9. The van der Waals surface area contributed by atoms with Crippen molar-refractivity contribution in [3.05, 3.63) is 108 Å². The van der Waals surface area contributed by atoms with Crippen molar-refractivity contribution >= 4 is 11.4 Å². The molecule has 4 rings (SSSR count). The van der Waals surface area contributed by atoms with E-state index in [-0.39, 0.29) is 10.8 Å². The molecule has 0 N–H and O–H groups in total. The number of rotatable bonds is 3. The summed E-state index contributed by atoms with van der Waals surface area (Å²) in [6.07, 6.45) is 13.6. The number of hydrogen-bond acceptors (Lipinski definition) is 2. The van der Waals surface area contributed by atoms with Gasteiger partial charge in [-0.15, -0.1) is 0 Å². The maximum atomic E-state index is 2.33. The summed E-state index contributed by atoms with van der Waals surface area (Å²) >= 11 is 0. The van der Waals surface area contributed by atoms with Crippen LogP contribution in [0.2, 0.25) is 0 Å². The Hall–Kier alpha value is -3.00. The van der Waals surface area contributed by atoms with E-state index in [9.17, 15) is 0 Å². The molecule has 2 nitrogen and oxygen atoms in total. The highest BCUT2D eigenvalue weighted by Crippen LogP contribution is 2.30. The highest BCUT2D eigenvalue weighted by molar-refractivity contribution is 5.61.